The molecule has 17 heavy (non-hydrogen) atoms. The van der Waals surface area contributed by atoms with Crippen molar-refractivity contribution in [3.63, 3.8) is 0 Å². The fraction of sp³-hybridized carbons (Fsp3) is 0.714. The number of hydrogen-bond donors (Lipinski definition) is 2. The van der Waals surface area contributed by atoms with Crippen LogP contribution in [0.15, 0.2) is 23.9 Å². The number of fused-ring (bicyclic) bond motifs is 2. The predicted octanol–water partition coefficient (Wildman–Crippen LogP) is 1.22. The Hall–Kier alpha value is -0.800. The van der Waals surface area contributed by atoms with E-state index in [-0.39, 0.29) is 0 Å². The van der Waals surface area contributed by atoms with Gasteiger partial charge >= 0.3 is 0 Å². The zero-order valence-corrected chi connectivity index (χ0v) is 10.5. The number of piperidine rings is 1. The standard InChI is InChI=1S/C14H23N3/c1-17-13-7-11(15)4-2-9(13)6-10-3-5-12(16)8-14(10)17/h2,4,7,9-10,12-14H,3,5-6,8,15-16H2,1H3/t9?,10-,12-,13?,14-/m1/s1. The smallest absolute Gasteiger partial charge is 0.0363 e. The van der Waals surface area contributed by atoms with Crippen molar-refractivity contribution in [3.8, 4) is 0 Å². The van der Waals surface area contributed by atoms with Crippen molar-refractivity contribution in [2.24, 2.45) is 23.3 Å². The summed E-state index contributed by atoms with van der Waals surface area (Å²) in [5, 5.41) is 0. The number of nitrogens with two attached hydrogens (primary N) is 2. The van der Waals surface area contributed by atoms with Gasteiger partial charge in [-0.25, -0.2) is 0 Å². The Morgan fingerprint density at radius 3 is 2.94 bits per heavy atom. The lowest BCUT2D eigenvalue weighted by Gasteiger charge is -2.51. The van der Waals surface area contributed by atoms with Crippen LogP contribution in [0.2, 0.25) is 0 Å². The Labute approximate surface area is 104 Å². The van der Waals surface area contributed by atoms with Gasteiger partial charge in [-0.15, -0.1) is 0 Å². The summed E-state index contributed by atoms with van der Waals surface area (Å²) in [5.41, 5.74) is 13.0. The minimum absolute atomic E-state index is 0.399. The number of nitrogens with zero attached hydrogens (tertiary/aromatic N) is 1. The molecule has 4 N–H and O–H groups in total. The van der Waals surface area contributed by atoms with Crippen LogP contribution in [0.25, 0.3) is 0 Å². The first-order valence-corrected chi connectivity index (χ1v) is 6.78. The number of rotatable bonds is 0. The molecule has 3 rings (SSSR count). The molecule has 3 nitrogen and oxygen atoms in total. The summed E-state index contributed by atoms with van der Waals surface area (Å²) in [6.45, 7) is 0. The summed E-state index contributed by atoms with van der Waals surface area (Å²) in [6.07, 6.45) is 11.6. The molecule has 2 fully saturated rings. The van der Waals surface area contributed by atoms with Crippen LogP contribution in [0.5, 0.6) is 0 Å². The molecule has 1 saturated carbocycles. The van der Waals surface area contributed by atoms with Gasteiger partial charge in [-0.1, -0.05) is 6.08 Å². The third kappa shape index (κ3) is 1.91. The summed E-state index contributed by atoms with van der Waals surface area (Å²) in [4.78, 5) is 2.52. The molecule has 2 unspecified atom stereocenters. The van der Waals surface area contributed by atoms with Gasteiger partial charge in [-0.3, -0.25) is 4.90 Å². The highest BCUT2D eigenvalue weighted by Crippen LogP contribution is 2.41. The molecule has 5 atom stereocenters. The van der Waals surface area contributed by atoms with Gasteiger partial charge in [0.05, 0.1) is 0 Å². The Morgan fingerprint density at radius 1 is 1.29 bits per heavy atom. The van der Waals surface area contributed by atoms with Crippen molar-refractivity contribution >= 4 is 0 Å². The maximum absolute atomic E-state index is 6.12. The minimum atomic E-state index is 0.399. The highest BCUT2D eigenvalue weighted by molar-refractivity contribution is 5.26. The first-order chi connectivity index (χ1) is 8.15. The van der Waals surface area contributed by atoms with Crippen LogP contribution in [-0.4, -0.2) is 30.1 Å². The summed E-state index contributed by atoms with van der Waals surface area (Å²) in [7, 11) is 2.25. The molecule has 0 aromatic heterocycles. The predicted molar refractivity (Wildman–Crippen MR) is 70.2 cm³/mol. The largest absolute Gasteiger partial charge is 0.399 e. The van der Waals surface area contributed by atoms with E-state index in [9.17, 15) is 0 Å². The first kappa shape index (κ1) is 11.3. The second-order valence-corrected chi connectivity index (χ2v) is 5.98. The maximum atomic E-state index is 6.12. The fourth-order valence-electron chi connectivity index (χ4n) is 3.95. The fourth-order valence-corrected chi connectivity index (χ4v) is 3.95. The molecular formula is C14H23N3. The van der Waals surface area contributed by atoms with Crippen molar-refractivity contribution in [1.29, 1.82) is 0 Å². The second kappa shape index (κ2) is 4.14. The number of likely N-dealkylation sites (N-methyl/N-ethyl adjacent to an activating group) is 1. The molecule has 0 aromatic carbocycles. The highest BCUT2D eigenvalue weighted by atomic mass is 15.2. The molecule has 3 heteroatoms. The Balaban J connectivity index is 1.83. The van der Waals surface area contributed by atoms with Crippen LogP contribution >= 0.6 is 0 Å². The van der Waals surface area contributed by atoms with Crippen LogP contribution in [0, 0.1) is 11.8 Å². The van der Waals surface area contributed by atoms with Gasteiger partial charge in [-0.05, 0) is 56.7 Å². The molecule has 3 aliphatic rings. The summed E-state index contributed by atoms with van der Waals surface area (Å²) in [5.74, 6) is 1.49. The molecule has 1 aliphatic heterocycles. The van der Waals surface area contributed by atoms with Crippen molar-refractivity contribution in [2.45, 2.75) is 43.8 Å². The van der Waals surface area contributed by atoms with Crippen molar-refractivity contribution in [3.05, 3.63) is 23.9 Å². The molecule has 0 bridgehead atoms. The zero-order valence-electron chi connectivity index (χ0n) is 10.5. The van der Waals surface area contributed by atoms with Crippen molar-refractivity contribution in [1.82, 2.24) is 4.90 Å². The van der Waals surface area contributed by atoms with Crippen LogP contribution in [0.4, 0.5) is 0 Å². The van der Waals surface area contributed by atoms with Gasteiger partial charge in [0.2, 0.25) is 0 Å². The van der Waals surface area contributed by atoms with Gasteiger partial charge in [0, 0.05) is 23.8 Å². The first-order valence-electron chi connectivity index (χ1n) is 6.78. The molecule has 0 amide bonds. The van der Waals surface area contributed by atoms with E-state index < -0.39 is 0 Å². The molecule has 0 spiro atoms. The lowest BCUT2D eigenvalue weighted by Crippen LogP contribution is -2.56. The van der Waals surface area contributed by atoms with Crippen LogP contribution in [0.3, 0.4) is 0 Å². The molecule has 0 radical (unpaired) electrons. The van der Waals surface area contributed by atoms with E-state index in [1.807, 2.05) is 0 Å². The van der Waals surface area contributed by atoms with Crippen LogP contribution in [-0.2, 0) is 0 Å². The molecule has 0 aromatic rings. The van der Waals surface area contributed by atoms with E-state index in [1.165, 1.54) is 19.3 Å². The summed E-state index contributed by atoms with van der Waals surface area (Å²) < 4.78 is 0. The van der Waals surface area contributed by atoms with Gasteiger partial charge in [0.15, 0.2) is 0 Å². The lowest BCUT2D eigenvalue weighted by molar-refractivity contribution is 0.0251. The van der Waals surface area contributed by atoms with E-state index in [0.717, 1.165) is 18.0 Å². The molecular weight excluding hydrogens is 210 g/mol. The van der Waals surface area contributed by atoms with Crippen molar-refractivity contribution < 1.29 is 0 Å². The average molecular weight is 233 g/mol. The second-order valence-electron chi connectivity index (χ2n) is 5.98. The van der Waals surface area contributed by atoms with Gasteiger partial charge in [0.1, 0.15) is 0 Å². The van der Waals surface area contributed by atoms with E-state index in [4.69, 9.17) is 11.5 Å². The Morgan fingerprint density at radius 2 is 2.12 bits per heavy atom. The Bertz CT molecular complexity index is 360. The minimum Gasteiger partial charge on any atom is -0.399 e. The van der Waals surface area contributed by atoms with Crippen LogP contribution < -0.4 is 11.5 Å². The Kier molecular flexibility index (Phi) is 2.75. The number of likely N-dealkylation sites (tertiary alicyclic amines) is 1. The highest BCUT2D eigenvalue weighted by Gasteiger charge is 2.42. The average Bonchev–Trinajstić information content (AvgIpc) is 2.32. The zero-order chi connectivity index (χ0) is 12.0. The summed E-state index contributed by atoms with van der Waals surface area (Å²) in [6, 6.07) is 1.55. The molecule has 1 saturated heterocycles. The molecule has 1 heterocycles. The van der Waals surface area contributed by atoms with Gasteiger partial charge in [-0.2, -0.15) is 0 Å². The molecule has 94 valence electrons. The lowest BCUT2D eigenvalue weighted by atomic mass is 9.70. The monoisotopic (exact) mass is 233 g/mol. The topological polar surface area (TPSA) is 55.3 Å². The van der Waals surface area contributed by atoms with E-state index in [1.54, 1.807) is 0 Å². The van der Waals surface area contributed by atoms with E-state index in [0.29, 0.717) is 24.0 Å². The van der Waals surface area contributed by atoms with Gasteiger partial charge < -0.3 is 11.5 Å². The summed E-state index contributed by atoms with van der Waals surface area (Å²) >= 11 is 0. The SMILES string of the molecule is CN1C2C=C(N)C=CC2C[C@H]2CC[C@@H](N)C[C@H]21. The quantitative estimate of drug-likeness (QED) is 0.661. The number of allylic oxidation sites excluding steroid dienone is 1. The normalized spacial score (nSPS) is 46.0. The van der Waals surface area contributed by atoms with Crippen LogP contribution in [0.1, 0.15) is 25.7 Å². The molecule has 2 aliphatic carbocycles. The van der Waals surface area contributed by atoms with E-state index in [2.05, 4.69) is 30.2 Å². The van der Waals surface area contributed by atoms with Crippen molar-refractivity contribution in [2.75, 3.05) is 7.05 Å². The van der Waals surface area contributed by atoms with Gasteiger partial charge in [0.25, 0.3) is 0 Å². The van der Waals surface area contributed by atoms with E-state index >= 15 is 0 Å². The third-order valence-electron chi connectivity index (χ3n) is 4.90. The maximum Gasteiger partial charge on any atom is 0.0363 e. The number of hydrogen-bond acceptors (Lipinski definition) is 3. The third-order valence-corrected chi connectivity index (χ3v) is 4.90.